The Hall–Kier alpha value is -2.92. The maximum absolute atomic E-state index is 13.5. The molecule has 1 aromatic carbocycles. The zero-order valence-corrected chi connectivity index (χ0v) is 16.6. The van der Waals surface area contributed by atoms with Gasteiger partial charge in [-0.1, -0.05) is 18.2 Å². The van der Waals surface area contributed by atoms with Crippen molar-refractivity contribution in [2.45, 2.75) is 18.5 Å². The second kappa shape index (κ2) is 8.31. The molecule has 0 aliphatic carbocycles. The Morgan fingerprint density at radius 1 is 1.13 bits per heavy atom. The Morgan fingerprint density at radius 3 is 2.52 bits per heavy atom. The molecule has 1 fully saturated rings. The molecule has 2 aliphatic rings. The van der Waals surface area contributed by atoms with Crippen LogP contribution in [0.3, 0.4) is 0 Å². The summed E-state index contributed by atoms with van der Waals surface area (Å²) in [4.78, 5) is 36.2. The molecule has 0 saturated carbocycles. The maximum atomic E-state index is 13.5. The van der Waals surface area contributed by atoms with Crippen molar-refractivity contribution in [2.75, 3.05) is 49.5 Å². The molecule has 1 aromatic heterocycles. The van der Waals surface area contributed by atoms with E-state index < -0.39 is 29.1 Å². The number of anilines is 2. The van der Waals surface area contributed by atoms with Crippen LogP contribution in [0, 0.1) is 0 Å². The number of benzene rings is 1. The van der Waals surface area contributed by atoms with Gasteiger partial charge in [0.25, 0.3) is 5.56 Å². The summed E-state index contributed by atoms with van der Waals surface area (Å²) in [5.74, 6) is -1.29. The number of alkyl halides is 3. The quantitative estimate of drug-likeness (QED) is 0.668. The smallest absolute Gasteiger partial charge is 0.395 e. The fourth-order valence-corrected chi connectivity index (χ4v) is 4.16. The Bertz CT molecular complexity index is 1030. The lowest BCUT2D eigenvalue weighted by Crippen LogP contribution is -2.48. The van der Waals surface area contributed by atoms with Gasteiger partial charge in [0.05, 0.1) is 17.7 Å². The molecule has 0 spiro atoms. The molecule has 4 rings (SSSR count). The third-order valence-electron chi connectivity index (χ3n) is 5.67. The molecule has 8 nitrogen and oxygen atoms in total. The number of fused-ring (bicyclic) bond motifs is 1. The number of aromatic amines is 1. The number of hydrogen-bond acceptors (Lipinski definition) is 6. The van der Waals surface area contributed by atoms with Gasteiger partial charge in [-0.05, 0) is 11.6 Å². The summed E-state index contributed by atoms with van der Waals surface area (Å²) in [6, 6.07) is 4.98. The van der Waals surface area contributed by atoms with Crippen LogP contribution in [0.15, 0.2) is 29.1 Å². The van der Waals surface area contributed by atoms with Gasteiger partial charge in [0.2, 0.25) is 11.9 Å². The van der Waals surface area contributed by atoms with Crippen molar-refractivity contribution in [1.82, 2.24) is 14.9 Å². The van der Waals surface area contributed by atoms with Crippen LogP contribution in [-0.2, 0) is 11.0 Å². The number of β-amino-alcohol motifs (C(OH)–C–C–N with tert-alkyl or cyclic N) is 1. The highest BCUT2D eigenvalue weighted by atomic mass is 19.4. The summed E-state index contributed by atoms with van der Waals surface area (Å²) in [5.41, 5.74) is -1.54. The molecular weight excluding hydrogens is 415 g/mol. The lowest BCUT2D eigenvalue weighted by atomic mass is 9.84. The van der Waals surface area contributed by atoms with Crippen LogP contribution in [0.2, 0.25) is 0 Å². The number of aromatic nitrogens is 2. The average molecular weight is 437 g/mol. The summed E-state index contributed by atoms with van der Waals surface area (Å²) >= 11 is 0. The van der Waals surface area contributed by atoms with Gasteiger partial charge in [0.1, 0.15) is 5.82 Å². The summed E-state index contributed by atoms with van der Waals surface area (Å²) in [5, 5.41) is 11.6. The van der Waals surface area contributed by atoms with Gasteiger partial charge in [-0.25, -0.2) is 0 Å². The highest BCUT2D eigenvalue weighted by molar-refractivity contribution is 5.94. The van der Waals surface area contributed by atoms with Gasteiger partial charge in [0, 0.05) is 45.1 Å². The number of carbonyl (C=O) groups excluding carboxylic acids is 1. The average Bonchev–Trinajstić information content (AvgIpc) is 2.73. The normalized spacial score (nSPS) is 19.8. The van der Waals surface area contributed by atoms with Crippen molar-refractivity contribution < 1.29 is 23.1 Å². The molecule has 0 radical (unpaired) electrons. The molecule has 2 aromatic rings. The van der Waals surface area contributed by atoms with E-state index >= 15 is 0 Å². The number of aliphatic hydroxyl groups is 1. The van der Waals surface area contributed by atoms with Crippen molar-refractivity contribution in [3.63, 3.8) is 0 Å². The minimum Gasteiger partial charge on any atom is -0.395 e. The van der Waals surface area contributed by atoms with Crippen molar-refractivity contribution in [3.8, 4) is 0 Å². The molecule has 1 saturated heterocycles. The second-order valence-corrected chi connectivity index (χ2v) is 7.59. The van der Waals surface area contributed by atoms with E-state index in [1.807, 2.05) is 4.90 Å². The van der Waals surface area contributed by atoms with Gasteiger partial charge in [-0.15, -0.1) is 0 Å². The lowest BCUT2D eigenvalue weighted by molar-refractivity contribution is -0.138. The van der Waals surface area contributed by atoms with E-state index in [1.165, 1.54) is 18.2 Å². The van der Waals surface area contributed by atoms with Crippen LogP contribution in [0.4, 0.5) is 24.9 Å². The molecule has 2 aliphatic heterocycles. The fraction of sp³-hybridized carbons (Fsp3) is 0.450. The summed E-state index contributed by atoms with van der Waals surface area (Å²) in [6.07, 6.45) is -4.89. The van der Waals surface area contributed by atoms with Crippen molar-refractivity contribution in [1.29, 1.82) is 0 Å². The van der Waals surface area contributed by atoms with Gasteiger partial charge < -0.3 is 15.3 Å². The first-order valence-corrected chi connectivity index (χ1v) is 9.96. The van der Waals surface area contributed by atoms with Gasteiger partial charge in [0.15, 0.2) is 0 Å². The standard InChI is InChI=1S/C20H22F3N5O3/c21-20(22,23)14-4-2-1-3-12(14)13-11-15(30)24-17-16(13)18(31)26-19(25-17)28-7-5-27(6-8-28)9-10-29/h1-4,13,29H,5-11H2,(H2,24,25,26,30,31). The van der Waals surface area contributed by atoms with Crippen molar-refractivity contribution in [2.24, 2.45) is 0 Å². The summed E-state index contributed by atoms with van der Waals surface area (Å²) in [7, 11) is 0. The molecular formula is C20H22F3N5O3. The van der Waals surface area contributed by atoms with Crippen LogP contribution in [0.1, 0.15) is 29.0 Å². The number of piperazine rings is 1. The van der Waals surface area contributed by atoms with Crippen molar-refractivity contribution >= 4 is 17.7 Å². The Kier molecular flexibility index (Phi) is 5.71. The Balaban J connectivity index is 1.70. The van der Waals surface area contributed by atoms with E-state index in [0.717, 1.165) is 6.07 Å². The zero-order valence-electron chi connectivity index (χ0n) is 16.6. The van der Waals surface area contributed by atoms with Gasteiger partial charge in [-0.3, -0.25) is 19.5 Å². The summed E-state index contributed by atoms with van der Waals surface area (Å²) < 4.78 is 40.6. The molecule has 3 heterocycles. The molecule has 166 valence electrons. The molecule has 1 atom stereocenters. The number of halogens is 3. The first kappa shape index (κ1) is 21.3. The van der Waals surface area contributed by atoms with Crippen LogP contribution < -0.4 is 15.8 Å². The molecule has 1 amide bonds. The van der Waals surface area contributed by atoms with Crippen LogP contribution in [0.5, 0.6) is 0 Å². The minimum absolute atomic E-state index is 0.00485. The number of H-pyrrole nitrogens is 1. The molecule has 0 bridgehead atoms. The van der Waals surface area contributed by atoms with Crippen molar-refractivity contribution in [3.05, 3.63) is 51.3 Å². The topological polar surface area (TPSA) is 102 Å². The minimum atomic E-state index is -4.61. The zero-order chi connectivity index (χ0) is 22.2. The largest absolute Gasteiger partial charge is 0.416 e. The van der Waals surface area contributed by atoms with Crippen LogP contribution >= 0.6 is 0 Å². The van der Waals surface area contributed by atoms with E-state index in [1.54, 1.807) is 0 Å². The lowest BCUT2D eigenvalue weighted by Gasteiger charge is -2.35. The fourth-order valence-electron chi connectivity index (χ4n) is 4.16. The molecule has 3 N–H and O–H groups in total. The Labute approximate surface area is 175 Å². The van der Waals surface area contributed by atoms with E-state index in [4.69, 9.17) is 5.11 Å². The summed E-state index contributed by atoms with van der Waals surface area (Å²) in [6.45, 7) is 3.04. The first-order valence-electron chi connectivity index (χ1n) is 9.96. The molecule has 11 heteroatoms. The predicted molar refractivity (Wildman–Crippen MR) is 107 cm³/mol. The van der Waals surface area contributed by atoms with E-state index in [0.29, 0.717) is 32.7 Å². The van der Waals surface area contributed by atoms with E-state index in [9.17, 15) is 22.8 Å². The molecule has 1 unspecified atom stereocenters. The number of carbonyl (C=O) groups is 1. The molecule has 31 heavy (non-hydrogen) atoms. The number of hydrogen-bond donors (Lipinski definition) is 3. The monoisotopic (exact) mass is 437 g/mol. The van der Waals surface area contributed by atoms with Crippen LogP contribution in [0.25, 0.3) is 0 Å². The predicted octanol–water partition coefficient (Wildman–Crippen LogP) is 1.38. The maximum Gasteiger partial charge on any atom is 0.416 e. The third kappa shape index (κ3) is 4.28. The van der Waals surface area contributed by atoms with Gasteiger partial charge >= 0.3 is 6.18 Å². The van der Waals surface area contributed by atoms with E-state index in [2.05, 4.69) is 20.2 Å². The Morgan fingerprint density at radius 2 is 1.84 bits per heavy atom. The van der Waals surface area contributed by atoms with Crippen LogP contribution in [-0.4, -0.2) is 65.2 Å². The number of aliphatic hydroxyl groups excluding tert-OH is 1. The number of rotatable bonds is 4. The number of amides is 1. The van der Waals surface area contributed by atoms with E-state index in [-0.39, 0.29) is 35.9 Å². The SMILES string of the molecule is O=C1CC(c2ccccc2C(F)(F)F)c2c(nc(N3CCN(CCO)CC3)[nH]c2=O)N1. The number of nitrogens with zero attached hydrogens (tertiary/aromatic N) is 3. The van der Waals surface area contributed by atoms with Gasteiger partial charge in [-0.2, -0.15) is 18.2 Å². The first-order chi connectivity index (χ1) is 14.8. The second-order valence-electron chi connectivity index (χ2n) is 7.59. The third-order valence-corrected chi connectivity index (χ3v) is 5.67. The highest BCUT2D eigenvalue weighted by Gasteiger charge is 2.39. The highest BCUT2D eigenvalue weighted by Crippen LogP contribution is 2.41. The number of nitrogens with one attached hydrogen (secondary N) is 2.